The molecular formula is C23H26FN7O. The molecule has 1 amide bonds. The summed E-state index contributed by atoms with van der Waals surface area (Å²) in [5, 5.41) is 7.43. The summed E-state index contributed by atoms with van der Waals surface area (Å²) in [4.78, 5) is 24.5. The van der Waals surface area contributed by atoms with Crippen LogP contribution in [0.1, 0.15) is 16.1 Å². The highest BCUT2D eigenvalue weighted by Crippen LogP contribution is 2.34. The van der Waals surface area contributed by atoms with Crippen LogP contribution < -0.4 is 15.5 Å². The van der Waals surface area contributed by atoms with Crippen LogP contribution in [0.3, 0.4) is 0 Å². The van der Waals surface area contributed by atoms with Crippen molar-refractivity contribution in [3.8, 4) is 0 Å². The first kappa shape index (κ1) is 20.3. The molecule has 1 saturated heterocycles. The lowest BCUT2D eigenvalue weighted by molar-refractivity contribution is 0.0829. The Bertz CT molecular complexity index is 1320. The Morgan fingerprint density at radius 1 is 1.19 bits per heavy atom. The van der Waals surface area contributed by atoms with Crippen molar-refractivity contribution in [3.05, 3.63) is 53.9 Å². The third-order valence-electron chi connectivity index (χ3n) is 5.79. The van der Waals surface area contributed by atoms with Gasteiger partial charge in [0, 0.05) is 76.0 Å². The standard InChI is InChI=1S/C23H26FN7O/c1-14-12-31-13-15(8-18(24)22(31)27-14)28-20-11-26-19-10-16(30-6-4-25-5-7-30)9-17(21(19)20)23(32)29(2)3/h8-13,25-26,28H,4-7H2,1-3H3. The molecule has 0 aliphatic carbocycles. The summed E-state index contributed by atoms with van der Waals surface area (Å²) in [5.74, 6) is -0.491. The van der Waals surface area contributed by atoms with Crippen molar-refractivity contribution in [2.45, 2.75) is 6.92 Å². The van der Waals surface area contributed by atoms with E-state index in [2.05, 4.69) is 31.6 Å². The van der Waals surface area contributed by atoms with Gasteiger partial charge in [0.15, 0.2) is 11.5 Å². The first-order valence-electron chi connectivity index (χ1n) is 10.6. The van der Waals surface area contributed by atoms with E-state index in [1.165, 1.54) is 6.07 Å². The highest BCUT2D eigenvalue weighted by atomic mass is 19.1. The molecular weight excluding hydrogens is 409 g/mol. The third-order valence-corrected chi connectivity index (χ3v) is 5.79. The number of piperazine rings is 1. The number of halogens is 1. The third kappa shape index (κ3) is 3.54. The quantitative estimate of drug-likeness (QED) is 0.459. The molecule has 1 fully saturated rings. The van der Waals surface area contributed by atoms with Crippen molar-refractivity contribution in [2.75, 3.05) is 50.5 Å². The number of aromatic nitrogens is 3. The van der Waals surface area contributed by atoms with Crippen molar-refractivity contribution in [1.82, 2.24) is 24.6 Å². The van der Waals surface area contributed by atoms with Gasteiger partial charge in [-0.3, -0.25) is 4.79 Å². The SMILES string of the molecule is Cc1cn2cc(Nc3c[nH]c4cc(N5CCNCC5)cc(C(=O)N(C)C)c34)cc(F)c2n1. The number of imidazole rings is 1. The van der Waals surface area contributed by atoms with Gasteiger partial charge in [-0.1, -0.05) is 0 Å². The van der Waals surface area contributed by atoms with Crippen molar-refractivity contribution in [2.24, 2.45) is 0 Å². The zero-order valence-corrected chi connectivity index (χ0v) is 18.4. The topological polar surface area (TPSA) is 80.7 Å². The molecule has 3 aromatic heterocycles. The van der Waals surface area contributed by atoms with Gasteiger partial charge in [0.1, 0.15) is 0 Å². The summed E-state index contributed by atoms with van der Waals surface area (Å²) in [5.41, 5.74) is 4.79. The van der Waals surface area contributed by atoms with E-state index < -0.39 is 5.82 Å². The average Bonchev–Trinajstić information content (AvgIpc) is 3.36. The van der Waals surface area contributed by atoms with Crippen LogP contribution in [0.25, 0.3) is 16.6 Å². The lowest BCUT2D eigenvalue weighted by Crippen LogP contribution is -2.43. The molecule has 3 N–H and O–H groups in total. The van der Waals surface area contributed by atoms with Crippen LogP contribution in [-0.2, 0) is 0 Å². The van der Waals surface area contributed by atoms with Crippen LogP contribution in [-0.4, -0.2) is 65.5 Å². The smallest absolute Gasteiger partial charge is 0.254 e. The number of hydrogen-bond donors (Lipinski definition) is 3. The Labute approximate surface area is 185 Å². The molecule has 166 valence electrons. The van der Waals surface area contributed by atoms with Crippen molar-refractivity contribution in [1.29, 1.82) is 0 Å². The Kier molecular flexibility index (Phi) is 4.97. The number of aromatic amines is 1. The van der Waals surface area contributed by atoms with Crippen molar-refractivity contribution in [3.63, 3.8) is 0 Å². The monoisotopic (exact) mass is 435 g/mol. The number of benzene rings is 1. The fourth-order valence-electron chi connectivity index (χ4n) is 4.27. The second kappa shape index (κ2) is 7.83. The summed E-state index contributed by atoms with van der Waals surface area (Å²) in [7, 11) is 3.49. The lowest BCUT2D eigenvalue weighted by Gasteiger charge is -2.30. The van der Waals surface area contributed by atoms with Gasteiger partial charge in [-0.25, -0.2) is 9.37 Å². The van der Waals surface area contributed by atoms with Crippen LogP contribution >= 0.6 is 0 Å². The molecule has 1 aliphatic heterocycles. The van der Waals surface area contributed by atoms with Gasteiger partial charge in [-0.15, -0.1) is 0 Å². The maximum atomic E-state index is 14.6. The molecule has 9 heteroatoms. The molecule has 32 heavy (non-hydrogen) atoms. The van der Waals surface area contributed by atoms with Gasteiger partial charge in [-0.05, 0) is 19.1 Å². The number of amides is 1. The van der Waals surface area contributed by atoms with E-state index in [-0.39, 0.29) is 11.6 Å². The Morgan fingerprint density at radius 2 is 1.97 bits per heavy atom. The Morgan fingerprint density at radius 3 is 2.72 bits per heavy atom. The predicted octanol–water partition coefficient (Wildman–Crippen LogP) is 3.12. The summed E-state index contributed by atoms with van der Waals surface area (Å²) in [6, 6.07) is 5.45. The minimum Gasteiger partial charge on any atom is -0.369 e. The Hall–Kier alpha value is -3.59. The number of carbonyl (C=O) groups excluding carboxylic acids is 1. The second-order valence-corrected chi connectivity index (χ2v) is 8.37. The first-order chi connectivity index (χ1) is 15.4. The van der Waals surface area contributed by atoms with Crippen LogP contribution in [0, 0.1) is 12.7 Å². The fourth-order valence-corrected chi connectivity index (χ4v) is 4.27. The molecule has 1 aliphatic rings. The van der Waals surface area contributed by atoms with E-state index in [1.54, 1.807) is 35.8 Å². The van der Waals surface area contributed by atoms with Crippen LogP contribution in [0.2, 0.25) is 0 Å². The molecule has 0 unspecified atom stereocenters. The molecule has 5 rings (SSSR count). The molecule has 0 saturated carbocycles. The summed E-state index contributed by atoms with van der Waals surface area (Å²) in [6.45, 7) is 5.42. The predicted molar refractivity (Wildman–Crippen MR) is 125 cm³/mol. The number of rotatable bonds is 4. The van der Waals surface area contributed by atoms with E-state index in [0.29, 0.717) is 16.9 Å². The van der Waals surface area contributed by atoms with E-state index in [1.807, 2.05) is 19.2 Å². The molecule has 0 spiro atoms. The van der Waals surface area contributed by atoms with Crippen molar-refractivity contribution < 1.29 is 9.18 Å². The maximum absolute atomic E-state index is 14.6. The number of H-pyrrole nitrogens is 1. The molecule has 0 atom stereocenters. The van der Waals surface area contributed by atoms with Gasteiger partial charge in [-0.2, -0.15) is 0 Å². The van der Waals surface area contributed by atoms with Gasteiger partial charge >= 0.3 is 0 Å². The minimum absolute atomic E-state index is 0.0819. The number of aryl methyl sites for hydroxylation is 1. The number of carbonyl (C=O) groups is 1. The van der Waals surface area contributed by atoms with Gasteiger partial charge in [0.05, 0.1) is 28.1 Å². The van der Waals surface area contributed by atoms with E-state index in [0.717, 1.165) is 48.5 Å². The Balaban J connectivity index is 1.60. The number of anilines is 3. The highest BCUT2D eigenvalue weighted by Gasteiger charge is 2.21. The molecule has 0 bridgehead atoms. The van der Waals surface area contributed by atoms with Gasteiger partial charge in [0.2, 0.25) is 0 Å². The van der Waals surface area contributed by atoms with E-state index in [9.17, 15) is 9.18 Å². The molecule has 0 radical (unpaired) electrons. The maximum Gasteiger partial charge on any atom is 0.254 e. The summed E-state index contributed by atoms with van der Waals surface area (Å²) < 4.78 is 16.2. The molecule has 1 aromatic carbocycles. The van der Waals surface area contributed by atoms with Gasteiger partial charge in [0.25, 0.3) is 5.91 Å². The number of fused-ring (bicyclic) bond motifs is 2. The number of nitrogens with zero attached hydrogens (tertiary/aromatic N) is 4. The number of pyridine rings is 1. The number of nitrogens with one attached hydrogen (secondary N) is 3. The van der Waals surface area contributed by atoms with Crippen LogP contribution in [0.15, 0.2) is 36.8 Å². The zero-order valence-electron chi connectivity index (χ0n) is 18.4. The zero-order chi connectivity index (χ0) is 22.4. The second-order valence-electron chi connectivity index (χ2n) is 8.37. The lowest BCUT2D eigenvalue weighted by atomic mass is 10.1. The van der Waals surface area contributed by atoms with Crippen LogP contribution in [0.4, 0.5) is 21.5 Å². The highest BCUT2D eigenvalue weighted by molar-refractivity contribution is 6.12. The van der Waals surface area contributed by atoms with E-state index in [4.69, 9.17) is 0 Å². The minimum atomic E-state index is -0.409. The van der Waals surface area contributed by atoms with Gasteiger partial charge < -0.3 is 29.8 Å². The number of hydrogen-bond acceptors (Lipinski definition) is 5. The normalized spacial score (nSPS) is 14.3. The largest absolute Gasteiger partial charge is 0.369 e. The molecule has 4 aromatic rings. The fraction of sp³-hybridized carbons (Fsp3) is 0.304. The van der Waals surface area contributed by atoms with Crippen molar-refractivity contribution >= 4 is 39.5 Å². The average molecular weight is 436 g/mol. The summed E-state index contributed by atoms with van der Waals surface area (Å²) in [6.07, 6.45) is 5.39. The van der Waals surface area contributed by atoms with Crippen LogP contribution in [0.5, 0.6) is 0 Å². The van der Waals surface area contributed by atoms with E-state index >= 15 is 0 Å². The summed E-state index contributed by atoms with van der Waals surface area (Å²) >= 11 is 0. The first-order valence-corrected chi connectivity index (χ1v) is 10.6. The molecule has 4 heterocycles. The molecule has 8 nitrogen and oxygen atoms in total.